The van der Waals surface area contributed by atoms with Crippen LogP contribution in [-0.4, -0.2) is 24.9 Å². The van der Waals surface area contributed by atoms with Gasteiger partial charge in [-0.1, -0.05) is 25.3 Å². The van der Waals surface area contributed by atoms with Gasteiger partial charge in [0.15, 0.2) is 0 Å². The average Bonchev–Trinajstić information content (AvgIpc) is 2.74. The van der Waals surface area contributed by atoms with Gasteiger partial charge in [0.2, 0.25) is 0 Å². The summed E-state index contributed by atoms with van der Waals surface area (Å²) < 4.78 is 18.5. The van der Waals surface area contributed by atoms with Gasteiger partial charge in [0.1, 0.15) is 5.75 Å². The fraction of sp³-hybridized carbons (Fsp3) is 0.700. The standard InChI is InChI=1S/C20H31BO3/c1-15-11-17(21-23-19(2,3)20(4,5)24-21)13-18(12-15)22-14-16-9-7-6-8-10-16/h11-13,16H,6-10,14H2,1-5H3. The van der Waals surface area contributed by atoms with Gasteiger partial charge in [-0.2, -0.15) is 0 Å². The Morgan fingerprint density at radius 1 is 1.00 bits per heavy atom. The van der Waals surface area contributed by atoms with Crippen molar-refractivity contribution in [1.29, 1.82) is 0 Å². The minimum atomic E-state index is -0.327. The average molecular weight is 330 g/mol. The normalized spacial score (nSPS) is 23.5. The molecular weight excluding hydrogens is 299 g/mol. The van der Waals surface area contributed by atoms with Crippen LogP contribution in [0.5, 0.6) is 5.75 Å². The van der Waals surface area contributed by atoms with E-state index >= 15 is 0 Å². The molecule has 3 rings (SSSR count). The number of benzene rings is 1. The molecule has 0 radical (unpaired) electrons. The van der Waals surface area contributed by atoms with E-state index in [2.05, 4.69) is 52.8 Å². The third-order valence-corrected chi connectivity index (χ3v) is 5.81. The van der Waals surface area contributed by atoms with Crippen LogP contribution < -0.4 is 10.2 Å². The molecule has 1 saturated heterocycles. The molecule has 0 bridgehead atoms. The molecule has 1 aromatic carbocycles. The molecular formula is C20H31BO3. The van der Waals surface area contributed by atoms with E-state index in [9.17, 15) is 0 Å². The molecule has 0 atom stereocenters. The number of aryl methyl sites for hydroxylation is 1. The van der Waals surface area contributed by atoms with Gasteiger partial charge in [0.25, 0.3) is 0 Å². The first-order valence-corrected chi connectivity index (χ1v) is 9.37. The van der Waals surface area contributed by atoms with E-state index < -0.39 is 0 Å². The van der Waals surface area contributed by atoms with Crippen LogP contribution >= 0.6 is 0 Å². The molecule has 0 aromatic heterocycles. The van der Waals surface area contributed by atoms with Crippen molar-refractivity contribution in [3.05, 3.63) is 23.8 Å². The van der Waals surface area contributed by atoms with Crippen molar-refractivity contribution < 1.29 is 14.0 Å². The molecule has 1 saturated carbocycles. The first kappa shape index (κ1) is 17.8. The number of hydrogen-bond donors (Lipinski definition) is 0. The summed E-state index contributed by atoms with van der Waals surface area (Å²) in [5.41, 5.74) is 1.60. The molecule has 1 aromatic rings. The van der Waals surface area contributed by atoms with Gasteiger partial charge in [0, 0.05) is 0 Å². The van der Waals surface area contributed by atoms with Crippen molar-refractivity contribution in [3.8, 4) is 5.75 Å². The molecule has 1 heterocycles. The Morgan fingerprint density at radius 2 is 1.62 bits per heavy atom. The van der Waals surface area contributed by atoms with E-state index in [4.69, 9.17) is 14.0 Å². The van der Waals surface area contributed by atoms with E-state index in [0.717, 1.165) is 17.8 Å². The smallest absolute Gasteiger partial charge is 0.493 e. The Balaban J connectivity index is 1.70. The first-order chi connectivity index (χ1) is 11.3. The molecule has 24 heavy (non-hydrogen) atoms. The summed E-state index contributed by atoms with van der Waals surface area (Å²) in [5.74, 6) is 1.64. The van der Waals surface area contributed by atoms with Gasteiger partial charge in [-0.15, -0.1) is 0 Å². The van der Waals surface area contributed by atoms with Crippen LogP contribution in [0.3, 0.4) is 0 Å². The van der Waals surface area contributed by atoms with Gasteiger partial charge in [0.05, 0.1) is 17.8 Å². The van der Waals surface area contributed by atoms with Crippen LogP contribution in [0.1, 0.15) is 65.4 Å². The van der Waals surface area contributed by atoms with Crippen molar-refractivity contribution in [1.82, 2.24) is 0 Å². The second kappa shape index (κ2) is 6.72. The minimum absolute atomic E-state index is 0.315. The minimum Gasteiger partial charge on any atom is -0.493 e. The van der Waals surface area contributed by atoms with Crippen molar-refractivity contribution in [3.63, 3.8) is 0 Å². The fourth-order valence-electron chi connectivity index (χ4n) is 3.54. The third-order valence-electron chi connectivity index (χ3n) is 5.81. The summed E-state index contributed by atoms with van der Waals surface area (Å²) in [6.45, 7) is 11.3. The van der Waals surface area contributed by atoms with Crippen molar-refractivity contribution in [2.24, 2.45) is 5.92 Å². The predicted molar refractivity (Wildman–Crippen MR) is 99.0 cm³/mol. The highest BCUT2D eigenvalue weighted by molar-refractivity contribution is 6.62. The molecule has 132 valence electrons. The van der Waals surface area contributed by atoms with E-state index in [-0.39, 0.29) is 18.3 Å². The lowest BCUT2D eigenvalue weighted by Crippen LogP contribution is -2.41. The van der Waals surface area contributed by atoms with Gasteiger partial charge >= 0.3 is 7.12 Å². The number of hydrogen-bond acceptors (Lipinski definition) is 3. The van der Waals surface area contributed by atoms with E-state index in [1.165, 1.54) is 37.7 Å². The van der Waals surface area contributed by atoms with E-state index in [1.807, 2.05) is 0 Å². The molecule has 0 N–H and O–H groups in total. The monoisotopic (exact) mass is 330 g/mol. The molecule has 0 unspecified atom stereocenters. The largest absolute Gasteiger partial charge is 0.494 e. The quantitative estimate of drug-likeness (QED) is 0.772. The Bertz CT molecular complexity index is 560. The Kier molecular flexibility index (Phi) is 4.99. The van der Waals surface area contributed by atoms with Gasteiger partial charge in [-0.25, -0.2) is 0 Å². The van der Waals surface area contributed by atoms with Crippen molar-refractivity contribution in [2.45, 2.75) is 77.9 Å². The van der Waals surface area contributed by atoms with Gasteiger partial charge < -0.3 is 14.0 Å². The summed E-state index contributed by atoms with van der Waals surface area (Å²) in [5, 5.41) is 0. The highest BCUT2D eigenvalue weighted by atomic mass is 16.7. The summed E-state index contributed by atoms with van der Waals surface area (Å²) in [7, 11) is -0.327. The Hall–Kier alpha value is -0.995. The molecule has 2 fully saturated rings. The van der Waals surface area contributed by atoms with Crippen LogP contribution in [0.4, 0.5) is 0 Å². The van der Waals surface area contributed by atoms with Crippen LogP contribution in [0.2, 0.25) is 0 Å². The highest BCUT2D eigenvalue weighted by Crippen LogP contribution is 2.36. The van der Waals surface area contributed by atoms with Gasteiger partial charge in [-0.3, -0.25) is 0 Å². The first-order valence-electron chi connectivity index (χ1n) is 9.37. The Morgan fingerprint density at radius 3 is 2.25 bits per heavy atom. The van der Waals surface area contributed by atoms with Gasteiger partial charge in [-0.05, 0) is 76.5 Å². The zero-order chi connectivity index (χ0) is 17.4. The Labute approximate surface area is 147 Å². The molecule has 0 spiro atoms. The zero-order valence-electron chi connectivity index (χ0n) is 15.9. The van der Waals surface area contributed by atoms with Crippen LogP contribution in [-0.2, 0) is 9.31 Å². The molecule has 4 heteroatoms. The summed E-state index contributed by atoms with van der Waals surface area (Å²) in [4.78, 5) is 0. The number of ether oxygens (including phenoxy) is 1. The summed E-state index contributed by atoms with van der Waals surface area (Å²) in [6.07, 6.45) is 6.68. The second-order valence-electron chi connectivity index (χ2n) is 8.48. The summed E-state index contributed by atoms with van der Waals surface area (Å²) >= 11 is 0. The number of rotatable bonds is 4. The van der Waals surface area contributed by atoms with Crippen LogP contribution in [0, 0.1) is 12.8 Å². The third kappa shape index (κ3) is 3.80. The van der Waals surface area contributed by atoms with E-state index in [1.54, 1.807) is 0 Å². The molecule has 1 aliphatic carbocycles. The maximum absolute atomic E-state index is 6.18. The fourth-order valence-corrected chi connectivity index (χ4v) is 3.54. The van der Waals surface area contributed by atoms with Crippen molar-refractivity contribution >= 4 is 12.6 Å². The predicted octanol–water partition coefficient (Wildman–Crippen LogP) is 4.25. The summed E-state index contributed by atoms with van der Waals surface area (Å²) in [6, 6.07) is 6.32. The topological polar surface area (TPSA) is 27.7 Å². The maximum Gasteiger partial charge on any atom is 0.494 e. The maximum atomic E-state index is 6.18. The SMILES string of the molecule is Cc1cc(OCC2CCCCC2)cc(B2OC(C)(C)C(C)(C)O2)c1. The van der Waals surface area contributed by atoms with Crippen LogP contribution in [0.25, 0.3) is 0 Å². The van der Waals surface area contributed by atoms with Crippen LogP contribution in [0.15, 0.2) is 18.2 Å². The highest BCUT2D eigenvalue weighted by Gasteiger charge is 2.51. The lowest BCUT2D eigenvalue weighted by molar-refractivity contribution is 0.00578. The lowest BCUT2D eigenvalue weighted by Gasteiger charge is -2.32. The molecule has 2 aliphatic rings. The molecule has 3 nitrogen and oxygen atoms in total. The van der Waals surface area contributed by atoms with E-state index in [0.29, 0.717) is 5.92 Å². The molecule has 1 aliphatic heterocycles. The molecule has 0 amide bonds. The second-order valence-corrected chi connectivity index (χ2v) is 8.48. The zero-order valence-corrected chi connectivity index (χ0v) is 15.9. The van der Waals surface area contributed by atoms with Crippen molar-refractivity contribution in [2.75, 3.05) is 6.61 Å². The lowest BCUT2D eigenvalue weighted by atomic mass is 9.78.